The Labute approximate surface area is 110 Å². The number of hydrogen-bond acceptors (Lipinski definition) is 3. The zero-order chi connectivity index (χ0) is 13.5. The Morgan fingerprint density at radius 1 is 1.44 bits per heavy atom. The first-order valence-corrected chi connectivity index (χ1v) is 7.38. The van der Waals surface area contributed by atoms with Crippen LogP contribution in [0.5, 0.6) is 0 Å². The van der Waals surface area contributed by atoms with Gasteiger partial charge in [-0.1, -0.05) is 19.4 Å². The molecule has 5 heteroatoms. The first-order chi connectivity index (χ1) is 8.56. The van der Waals surface area contributed by atoms with Crippen LogP contribution in [0.1, 0.15) is 25.3 Å². The van der Waals surface area contributed by atoms with Gasteiger partial charge in [0.15, 0.2) is 0 Å². The molecule has 1 amide bonds. The molecule has 0 aliphatic carbocycles. The van der Waals surface area contributed by atoms with E-state index in [0.29, 0.717) is 17.1 Å². The van der Waals surface area contributed by atoms with Gasteiger partial charge in [0.05, 0.1) is 10.8 Å². The molecule has 4 nitrogen and oxygen atoms in total. The van der Waals surface area contributed by atoms with Crippen molar-refractivity contribution in [2.75, 3.05) is 18.0 Å². The fourth-order valence-electron chi connectivity index (χ4n) is 1.53. The first kappa shape index (κ1) is 14.7. The van der Waals surface area contributed by atoms with Gasteiger partial charge in [-0.2, -0.15) is 0 Å². The SMILES string of the molecule is CCCCNC(=O)CS(=O)c1cccc(N)c1C. The highest BCUT2D eigenvalue weighted by atomic mass is 32.2. The molecule has 0 fully saturated rings. The van der Waals surface area contributed by atoms with Crippen LogP contribution in [-0.2, 0) is 15.6 Å². The molecule has 0 aliphatic heterocycles. The van der Waals surface area contributed by atoms with E-state index in [1.54, 1.807) is 18.2 Å². The quantitative estimate of drug-likeness (QED) is 0.608. The average molecular weight is 268 g/mol. The normalized spacial score (nSPS) is 12.1. The zero-order valence-electron chi connectivity index (χ0n) is 10.9. The zero-order valence-corrected chi connectivity index (χ0v) is 11.7. The number of nitrogen functional groups attached to an aromatic ring is 1. The van der Waals surface area contributed by atoms with E-state index in [-0.39, 0.29) is 11.7 Å². The van der Waals surface area contributed by atoms with Gasteiger partial charge in [-0.3, -0.25) is 9.00 Å². The molecular formula is C13H20N2O2S. The minimum atomic E-state index is -1.33. The molecule has 0 aromatic heterocycles. The Kier molecular flexibility index (Phi) is 5.85. The highest BCUT2D eigenvalue weighted by Gasteiger charge is 2.12. The second-order valence-corrected chi connectivity index (χ2v) is 5.58. The first-order valence-electron chi connectivity index (χ1n) is 6.06. The van der Waals surface area contributed by atoms with Crippen LogP contribution in [0.3, 0.4) is 0 Å². The molecule has 0 heterocycles. The largest absolute Gasteiger partial charge is 0.398 e. The number of benzene rings is 1. The number of rotatable bonds is 6. The van der Waals surface area contributed by atoms with E-state index in [2.05, 4.69) is 12.2 Å². The molecule has 18 heavy (non-hydrogen) atoms. The van der Waals surface area contributed by atoms with Crippen molar-refractivity contribution in [1.82, 2.24) is 5.32 Å². The molecule has 1 atom stereocenters. The summed E-state index contributed by atoms with van der Waals surface area (Å²) in [6.07, 6.45) is 1.97. The molecule has 1 aromatic rings. The van der Waals surface area contributed by atoms with E-state index >= 15 is 0 Å². The van der Waals surface area contributed by atoms with Crippen LogP contribution in [0.25, 0.3) is 0 Å². The molecule has 0 radical (unpaired) electrons. The number of nitrogens with one attached hydrogen (secondary N) is 1. The van der Waals surface area contributed by atoms with Gasteiger partial charge in [-0.05, 0) is 31.0 Å². The Morgan fingerprint density at radius 3 is 2.83 bits per heavy atom. The van der Waals surface area contributed by atoms with Gasteiger partial charge in [0.1, 0.15) is 5.75 Å². The van der Waals surface area contributed by atoms with Crippen LogP contribution in [0.15, 0.2) is 23.1 Å². The summed E-state index contributed by atoms with van der Waals surface area (Å²) in [5, 5.41) is 2.76. The minimum absolute atomic E-state index is 0.00594. The molecule has 0 saturated heterocycles. The molecule has 0 aliphatic rings. The topological polar surface area (TPSA) is 72.2 Å². The lowest BCUT2D eigenvalue weighted by Crippen LogP contribution is -2.29. The third kappa shape index (κ3) is 4.14. The number of carbonyl (C=O) groups is 1. The second-order valence-electron chi connectivity index (χ2n) is 4.16. The Morgan fingerprint density at radius 2 is 2.17 bits per heavy atom. The van der Waals surface area contributed by atoms with E-state index in [4.69, 9.17) is 5.73 Å². The van der Waals surface area contributed by atoms with Crippen molar-refractivity contribution in [2.24, 2.45) is 0 Å². The monoisotopic (exact) mass is 268 g/mol. The van der Waals surface area contributed by atoms with Crippen LogP contribution >= 0.6 is 0 Å². The van der Waals surface area contributed by atoms with Crippen molar-refractivity contribution in [2.45, 2.75) is 31.6 Å². The van der Waals surface area contributed by atoms with Gasteiger partial charge in [0, 0.05) is 17.1 Å². The van der Waals surface area contributed by atoms with Crippen LogP contribution in [0.2, 0.25) is 0 Å². The van der Waals surface area contributed by atoms with Crippen molar-refractivity contribution < 1.29 is 9.00 Å². The van der Waals surface area contributed by atoms with Crippen LogP contribution < -0.4 is 11.1 Å². The van der Waals surface area contributed by atoms with Crippen molar-refractivity contribution >= 4 is 22.4 Å². The summed E-state index contributed by atoms with van der Waals surface area (Å²) in [5.41, 5.74) is 7.15. The third-order valence-electron chi connectivity index (χ3n) is 2.69. The van der Waals surface area contributed by atoms with Gasteiger partial charge < -0.3 is 11.1 Å². The van der Waals surface area contributed by atoms with Crippen molar-refractivity contribution in [1.29, 1.82) is 0 Å². The van der Waals surface area contributed by atoms with Gasteiger partial charge in [-0.15, -0.1) is 0 Å². The molecule has 100 valence electrons. The molecule has 1 rings (SSSR count). The highest BCUT2D eigenvalue weighted by molar-refractivity contribution is 7.85. The number of anilines is 1. The predicted molar refractivity (Wildman–Crippen MR) is 74.8 cm³/mol. The van der Waals surface area contributed by atoms with Crippen molar-refractivity contribution in [3.05, 3.63) is 23.8 Å². The standard InChI is InChI=1S/C13H20N2O2S/c1-3-4-8-15-13(16)9-18(17)12-7-5-6-11(14)10(12)2/h5-7H,3-4,8-9,14H2,1-2H3,(H,15,16). The van der Waals surface area contributed by atoms with E-state index in [1.165, 1.54) is 0 Å². The Bertz CT molecular complexity index is 447. The van der Waals surface area contributed by atoms with Crippen LogP contribution in [0.4, 0.5) is 5.69 Å². The summed E-state index contributed by atoms with van der Waals surface area (Å²) in [6, 6.07) is 5.27. The molecule has 0 spiro atoms. The van der Waals surface area contributed by atoms with E-state index < -0.39 is 10.8 Å². The molecular weight excluding hydrogens is 248 g/mol. The lowest BCUT2D eigenvalue weighted by atomic mass is 10.2. The Hall–Kier alpha value is -1.36. The maximum absolute atomic E-state index is 12.1. The fraction of sp³-hybridized carbons (Fsp3) is 0.462. The molecule has 0 bridgehead atoms. The summed E-state index contributed by atoms with van der Waals surface area (Å²) < 4.78 is 12.1. The Balaban J connectivity index is 2.60. The maximum atomic E-state index is 12.1. The fourth-order valence-corrected chi connectivity index (χ4v) is 2.72. The number of unbranched alkanes of at least 4 members (excludes halogenated alkanes) is 1. The summed E-state index contributed by atoms with van der Waals surface area (Å²) in [5.74, 6) is -0.183. The highest BCUT2D eigenvalue weighted by Crippen LogP contribution is 2.18. The van der Waals surface area contributed by atoms with Crippen molar-refractivity contribution in [3.63, 3.8) is 0 Å². The number of hydrogen-bond donors (Lipinski definition) is 2. The summed E-state index contributed by atoms with van der Waals surface area (Å²) in [6.45, 7) is 4.51. The molecule has 1 unspecified atom stereocenters. The van der Waals surface area contributed by atoms with Gasteiger partial charge in [0.2, 0.25) is 5.91 Å². The van der Waals surface area contributed by atoms with Gasteiger partial charge in [-0.25, -0.2) is 0 Å². The van der Waals surface area contributed by atoms with Gasteiger partial charge in [0.25, 0.3) is 0 Å². The average Bonchev–Trinajstić information content (AvgIpc) is 2.32. The lowest BCUT2D eigenvalue weighted by Gasteiger charge is -2.08. The number of nitrogens with two attached hydrogens (primary N) is 1. The molecule has 1 aromatic carbocycles. The van der Waals surface area contributed by atoms with E-state index in [1.807, 2.05) is 6.92 Å². The number of carbonyl (C=O) groups excluding carboxylic acids is 1. The summed E-state index contributed by atoms with van der Waals surface area (Å²) in [4.78, 5) is 12.2. The molecule has 0 saturated carbocycles. The third-order valence-corrected chi connectivity index (χ3v) is 4.14. The number of amides is 1. The summed E-state index contributed by atoms with van der Waals surface area (Å²) >= 11 is 0. The molecule has 3 N–H and O–H groups in total. The van der Waals surface area contributed by atoms with E-state index in [0.717, 1.165) is 18.4 Å². The lowest BCUT2D eigenvalue weighted by molar-refractivity contribution is -0.118. The maximum Gasteiger partial charge on any atom is 0.232 e. The van der Waals surface area contributed by atoms with Gasteiger partial charge >= 0.3 is 0 Å². The van der Waals surface area contributed by atoms with E-state index in [9.17, 15) is 9.00 Å². The van der Waals surface area contributed by atoms with Crippen LogP contribution in [-0.4, -0.2) is 22.4 Å². The summed E-state index contributed by atoms with van der Waals surface area (Å²) in [7, 11) is -1.33. The second kappa shape index (κ2) is 7.16. The predicted octanol–water partition coefficient (Wildman–Crippen LogP) is 1.60. The minimum Gasteiger partial charge on any atom is -0.398 e. The smallest absolute Gasteiger partial charge is 0.232 e. The van der Waals surface area contributed by atoms with Crippen molar-refractivity contribution in [3.8, 4) is 0 Å². The van der Waals surface area contributed by atoms with Crippen LogP contribution in [0, 0.1) is 6.92 Å².